The molecule has 6 heteroatoms. The Kier molecular flexibility index (Phi) is 5.54. The third-order valence-corrected chi connectivity index (χ3v) is 6.30. The van der Waals surface area contributed by atoms with Gasteiger partial charge in [-0.25, -0.2) is 4.98 Å². The van der Waals surface area contributed by atoms with E-state index in [1.807, 2.05) is 17.0 Å². The average molecular weight is 365 g/mol. The van der Waals surface area contributed by atoms with Crippen LogP contribution < -0.4 is 10.6 Å². The van der Waals surface area contributed by atoms with Gasteiger partial charge in [-0.3, -0.25) is 4.79 Å². The number of anilines is 1. The number of rotatable bonds is 2. The Bertz CT molecular complexity index is 600. The highest BCUT2D eigenvalue weighted by Gasteiger charge is 2.42. The first-order valence-corrected chi connectivity index (χ1v) is 9.37. The Labute approximate surface area is 156 Å². The molecule has 1 saturated carbocycles. The molecule has 0 aromatic carbocycles. The number of aromatic nitrogens is 1. The van der Waals surface area contributed by atoms with E-state index < -0.39 is 0 Å². The van der Waals surface area contributed by atoms with E-state index in [4.69, 9.17) is 5.73 Å². The van der Waals surface area contributed by atoms with E-state index in [9.17, 15) is 4.79 Å². The van der Waals surface area contributed by atoms with E-state index in [-0.39, 0.29) is 24.4 Å². The Morgan fingerprint density at radius 2 is 1.92 bits per heavy atom. The molecule has 2 aliphatic heterocycles. The molecular formula is C19H29ClN4O. The second-order valence-corrected chi connectivity index (χ2v) is 7.95. The zero-order chi connectivity index (χ0) is 16.7. The summed E-state index contributed by atoms with van der Waals surface area (Å²) in [6.07, 6.45) is 6.48. The van der Waals surface area contributed by atoms with E-state index in [0.717, 1.165) is 44.3 Å². The predicted octanol–water partition coefficient (Wildman–Crippen LogP) is 2.55. The molecule has 0 bridgehead atoms. The third kappa shape index (κ3) is 3.63. The Morgan fingerprint density at radius 3 is 2.56 bits per heavy atom. The first kappa shape index (κ1) is 18.5. The van der Waals surface area contributed by atoms with E-state index in [1.165, 1.54) is 19.3 Å². The van der Waals surface area contributed by atoms with E-state index in [1.54, 1.807) is 6.20 Å². The number of carbonyl (C=O) groups excluding carboxylic acids is 1. The van der Waals surface area contributed by atoms with Gasteiger partial charge < -0.3 is 15.5 Å². The van der Waals surface area contributed by atoms with Gasteiger partial charge in [0.2, 0.25) is 0 Å². The molecule has 3 aliphatic rings. The molecular weight excluding hydrogens is 336 g/mol. The highest BCUT2D eigenvalue weighted by Crippen LogP contribution is 2.37. The number of pyridine rings is 1. The maximum absolute atomic E-state index is 12.7. The topological polar surface area (TPSA) is 62.5 Å². The van der Waals surface area contributed by atoms with Gasteiger partial charge in [0.05, 0.1) is 5.56 Å². The zero-order valence-corrected chi connectivity index (χ0v) is 15.8. The number of hydrogen-bond donors (Lipinski definition) is 1. The summed E-state index contributed by atoms with van der Waals surface area (Å²) < 4.78 is 0. The maximum Gasteiger partial charge on any atom is 0.255 e. The Balaban J connectivity index is 0.00000182. The number of fused-ring (bicyclic) bond motifs is 1. The van der Waals surface area contributed by atoms with E-state index in [2.05, 4.69) is 16.8 Å². The first-order chi connectivity index (χ1) is 11.6. The smallest absolute Gasteiger partial charge is 0.255 e. The van der Waals surface area contributed by atoms with Crippen molar-refractivity contribution < 1.29 is 4.79 Å². The molecule has 3 atom stereocenters. The minimum absolute atomic E-state index is 0. The quantitative estimate of drug-likeness (QED) is 0.876. The van der Waals surface area contributed by atoms with E-state index in [0.29, 0.717) is 17.4 Å². The molecule has 3 fully saturated rings. The summed E-state index contributed by atoms with van der Waals surface area (Å²) >= 11 is 0. The van der Waals surface area contributed by atoms with Crippen LogP contribution in [0.5, 0.6) is 0 Å². The number of nitrogens with two attached hydrogens (primary N) is 1. The second kappa shape index (κ2) is 7.50. The van der Waals surface area contributed by atoms with Crippen molar-refractivity contribution in [2.45, 2.75) is 38.6 Å². The van der Waals surface area contributed by atoms with Crippen molar-refractivity contribution in [1.29, 1.82) is 0 Å². The molecule has 1 aliphatic carbocycles. The number of halogens is 1. The fourth-order valence-electron chi connectivity index (χ4n) is 4.59. The number of carbonyl (C=O) groups is 1. The maximum atomic E-state index is 12.7. The molecule has 0 radical (unpaired) electrons. The van der Waals surface area contributed by atoms with Crippen molar-refractivity contribution >= 4 is 24.1 Å². The van der Waals surface area contributed by atoms with Crippen LogP contribution in [0.25, 0.3) is 0 Å². The lowest BCUT2D eigenvalue weighted by Gasteiger charge is -2.31. The van der Waals surface area contributed by atoms with Gasteiger partial charge in [-0.15, -0.1) is 12.4 Å². The van der Waals surface area contributed by atoms with Gasteiger partial charge in [0, 0.05) is 38.4 Å². The van der Waals surface area contributed by atoms with Crippen molar-refractivity contribution in [3.8, 4) is 0 Å². The molecule has 4 rings (SSSR count). The molecule has 138 valence electrons. The first-order valence-electron chi connectivity index (χ1n) is 9.37. The number of likely N-dealkylation sites (tertiary alicyclic amines) is 1. The van der Waals surface area contributed by atoms with Crippen LogP contribution in [0.3, 0.4) is 0 Å². The van der Waals surface area contributed by atoms with E-state index >= 15 is 0 Å². The van der Waals surface area contributed by atoms with Crippen LogP contribution in [0.1, 0.15) is 43.0 Å². The van der Waals surface area contributed by atoms with Crippen LogP contribution in [0.4, 0.5) is 5.82 Å². The summed E-state index contributed by atoms with van der Waals surface area (Å²) in [7, 11) is 0. The molecule has 3 unspecified atom stereocenters. The van der Waals surface area contributed by atoms with Crippen LogP contribution in [-0.4, -0.2) is 48.0 Å². The van der Waals surface area contributed by atoms with Crippen LogP contribution in [0.2, 0.25) is 0 Å². The number of amides is 1. The number of piperidine rings is 1. The normalized spacial score (nSPS) is 29.4. The predicted molar refractivity (Wildman–Crippen MR) is 102 cm³/mol. The van der Waals surface area contributed by atoms with Gasteiger partial charge in [-0.1, -0.05) is 6.92 Å². The fourth-order valence-corrected chi connectivity index (χ4v) is 4.59. The lowest BCUT2D eigenvalue weighted by atomic mass is 9.98. The molecule has 0 spiro atoms. The van der Waals surface area contributed by atoms with Crippen LogP contribution in [0.15, 0.2) is 18.3 Å². The largest absolute Gasteiger partial charge is 0.357 e. The van der Waals surface area contributed by atoms with Crippen LogP contribution in [0, 0.1) is 17.8 Å². The molecule has 1 aromatic heterocycles. The standard InChI is InChI=1S/C19H28N4O.ClH/c1-13-6-8-22(9-7-13)18-5-3-14(10-21-18)19(24)23-11-15-2-4-17(20)16(15)12-23;/h3,5,10,13,15-17H,2,4,6-9,11-12,20H2,1H3;1H. The summed E-state index contributed by atoms with van der Waals surface area (Å²) in [5.74, 6) is 3.02. The minimum Gasteiger partial charge on any atom is -0.357 e. The lowest BCUT2D eigenvalue weighted by molar-refractivity contribution is 0.0779. The fraction of sp³-hybridized carbons (Fsp3) is 0.684. The van der Waals surface area contributed by atoms with Crippen molar-refractivity contribution in [1.82, 2.24) is 9.88 Å². The summed E-state index contributed by atoms with van der Waals surface area (Å²) in [4.78, 5) is 21.6. The third-order valence-electron chi connectivity index (χ3n) is 6.30. The second-order valence-electron chi connectivity index (χ2n) is 7.95. The SMILES string of the molecule is CC1CCN(c2ccc(C(=O)N3CC4CCC(N)C4C3)cn2)CC1.Cl. The minimum atomic E-state index is 0. The Morgan fingerprint density at radius 1 is 1.16 bits per heavy atom. The lowest BCUT2D eigenvalue weighted by Crippen LogP contribution is -2.34. The van der Waals surface area contributed by atoms with Gasteiger partial charge in [0.25, 0.3) is 5.91 Å². The van der Waals surface area contributed by atoms with Crippen LogP contribution >= 0.6 is 12.4 Å². The van der Waals surface area contributed by atoms with Gasteiger partial charge >= 0.3 is 0 Å². The Hall–Kier alpha value is -1.33. The van der Waals surface area contributed by atoms with Gasteiger partial charge in [-0.2, -0.15) is 0 Å². The monoisotopic (exact) mass is 364 g/mol. The molecule has 25 heavy (non-hydrogen) atoms. The molecule has 5 nitrogen and oxygen atoms in total. The van der Waals surface area contributed by atoms with Crippen molar-refractivity contribution in [3.05, 3.63) is 23.9 Å². The number of nitrogens with zero attached hydrogens (tertiary/aromatic N) is 3. The van der Waals surface area contributed by atoms with Gasteiger partial charge in [0.15, 0.2) is 0 Å². The molecule has 1 amide bonds. The average Bonchev–Trinajstić information content (AvgIpc) is 3.18. The molecule has 2 saturated heterocycles. The summed E-state index contributed by atoms with van der Waals surface area (Å²) in [6, 6.07) is 4.22. The summed E-state index contributed by atoms with van der Waals surface area (Å²) in [5, 5.41) is 0. The van der Waals surface area contributed by atoms with Crippen LogP contribution in [-0.2, 0) is 0 Å². The number of hydrogen-bond acceptors (Lipinski definition) is 4. The molecule has 1 aromatic rings. The summed E-state index contributed by atoms with van der Waals surface area (Å²) in [5.41, 5.74) is 6.88. The molecule has 2 N–H and O–H groups in total. The van der Waals surface area contributed by atoms with Crippen molar-refractivity contribution in [3.63, 3.8) is 0 Å². The zero-order valence-electron chi connectivity index (χ0n) is 14.9. The highest BCUT2D eigenvalue weighted by molar-refractivity contribution is 5.94. The molecule has 3 heterocycles. The van der Waals surface area contributed by atoms with Gasteiger partial charge in [0.1, 0.15) is 5.82 Å². The van der Waals surface area contributed by atoms with Crippen molar-refractivity contribution in [2.75, 3.05) is 31.1 Å². The van der Waals surface area contributed by atoms with Gasteiger partial charge in [-0.05, 0) is 55.6 Å². The van der Waals surface area contributed by atoms with Crippen molar-refractivity contribution in [2.24, 2.45) is 23.5 Å². The highest BCUT2D eigenvalue weighted by atomic mass is 35.5. The summed E-state index contributed by atoms with van der Waals surface area (Å²) in [6.45, 7) is 6.12.